The minimum absolute atomic E-state index is 0.185. The Kier molecular flexibility index (Phi) is 6.82. The largest absolute Gasteiger partial charge is 0.493 e. The maximum atomic E-state index is 12.3. The number of anilines is 1. The number of hydrogen-bond acceptors (Lipinski definition) is 6. The summed E-state index contributed by atoms with van der Waals surface area (Å²) >= 11 is 6.32. The van der Waals surface area contributed by atoms with Gasteiger partial charge in [0.2, 0.25) is 0 Å². The maximum absolute atomic E-state index is 12.3. The number of hydrogen-bond donors (Lipinski definition) is 0. The number of aryl methyl sites for hydroxylation is 1. The second-order valence-electron chi connectivity index (χ2n) is 8.10. The third kappa shape index (κ3) is 4.81. The summed E-state index contributed by atoms with van der Waals surface area (Å²) in [7, 11) is 0. The monoisotopic (exact) mass is 454 g/mol. The number of halogens is 1. The summed E-state index contributed by atoms with van der Waals surface area (Å²) in [5.74, 6) is 0.275. The van der Waals surface area contributed by atoms with Gasteiger partial charge in [-0.2, -0.15) is 0 Å². The third-order valence-electron chi connectivity index (χ3n) is 5.88. The van der Waals surface area contributed by atoms with Crippen molar-refractivity contribution in [1.29, 1.82) is 0 Å². The lowest BCUT2D eigenvalue weighted by Crippen LogP contribution is -2.46. The van der Waals surface area contributed by atoms with Crippen molar-refractivity contribution in [1.82, 2.24) is 4.90 Å². The van der Waals surface area contributed by atoms with Gasteiger partial charge in [0, 0.05) is 44.2 Å². The van der Waals surface area contributed by atoms with Gasteiger partial charge in [0.15, 0.2) is 11.4 Å². The van der Waals surface area contributed by atoms with Crippen LogP contribution in [0.15, 0.2) is 51.7 Å². The van der Waals surface area contributed by atoms with E-state index < -0.39 is 5.63 Å². The van der Waals surface area contributed by atoms with Crippen LogP contribution in [0.5, 0.6) is 5.75 Å². The molecule has 0 radical (unpaired) electrons. The summed E-state index contributed by atoms with van der Waals surface area (Å²) < 4.78 is 11.3. The average molecular weight is 455 g/mol. The van der Waals surface area contributed by atoms with Gasteiger partial charge >= 0.3 is 5.63 Å². The minimum atomic E-state index is -0.467. The van der Waals surface area contributed by atoms with E-state index >= 15 is 0 Å². The molecule has 1 aliphatic rings. The molecule has 1 fully saturated rings. The SMILES string of the molecule is CC(=O)c1c(OCCCN2CCN(c3ccccc3Cl)CC2)ccc2c(C)cc(=O)oc12. The van der Waals surface area contributed by atoms with Crippen molar-refractivity contribution in [2.45, 2.75) is 20.3 Å². The summed E-state index contributed by atoms with van der Waals surface area (Å²) in [6.45, 7) is 8.47. The number of nitrogens with zero attached hydrogens (tertiary/aromatic N) is 2. The highest BCUT2D eigenvalue weighted by Gasteiger charge is 2.20. The first-order valence-corrected chi connectivity index (χ1v) is 11.2. The molecule has 0 bridgehead atoms. The Bertz CT molecular complexity index is 1180. The van der Waals surface area contributed by atoms with Crippen LogP contribution >= 0.6 is 11.6 Å². The van der Waals surface area contributed by atoms with Gasteiger partial charge in [-0.15, -0.1) is 0 Å². The summed E-state index contributed by atoms with van der Waals surface area (Å²) in [6, 6.07) is 13.0. The van der Waals surface area contributed by atoms with Crippen LogP contribution in [-0.2, 0) is 0 Å². The predicted octanol–water partition coefficient (Wildman–Crippen LogP) is 4.55. The Morgan fingerprint density at radius 2 is 1.88 bits per heavy atom. The van der Waals surface area contributed by atoms with Gasteiger partial charge in [-0.1, -0.05) is 23.7 Å². The Hall–Kier alpha value is -2.83. The van der Waals surface area contributed by atoms with E-state index in [1.165, 1.54) is 13.0 Å². The van der Waals surface area contributed by atoms with E-state index in [1.54, 1.807) is 6.07 Å². The van der Waals surface area contributed by atoms with Crippen molar-refractivity contribution in [3.05, 3.63) is 69.0 Å². The molecule has 6 nitrogen and oxygen atoms in total. The average Bonchev–Trinajstić information content (AvgIpc) is 2.77. The van der Waals surface area contributed by atoms with Gasteiger partial charge in [-0.05, 0) is 50.1 Å². The van der Waals surface area contributed by atoms with Gasteiger partial charge in [0.05, 0.1) is 17.3 Å². The standard InChI is InChI=1S/C25H27ClN2O4/c1-17-16-23(30)32-25-19(17)8-9-22(24(25)18(2)29)31-15-5-10-27-11-13-28(14-12-27)21-7-4-3-6-20(21)26/h3-4,6-9,16H,5,10-15H2,1-2H3. The number of benzene rings is 2. The second-order valence-corrected chi connectivity index (χ2v) is 8.51. The summed E-state index contributed by atoms with van der Waals surface area (Å²) in [5.41, 5.74) is 2.03. The smallest absolute Gasteiger partial charge is 0.336 e. The van der Waals surface area contributed by atoms with Crippen molar-refractivity contribution >= 4 is 34.0 Å². The first-order chi connectivity index (χ1) is 15.4. The molecule has 0 saturated carbocycles. The molecule has 1 aliphatic heterocycles. The van der Waals surface area contributed by atoms with Crippen LogP contribution in [0.2, 0.25) is 5.02 Å². The molecule has 1 aromatic heterocycles. The topological polar surface area (TPSA) is 63.0 Å². The molecule has 0 N–H and O–H groups in total. The molecule has 2 heterocycles. The molecule has 32 heavy (non-hydrogen) atoms. The van der Waals surface area contributed by atoms with Crippen LogP contribution in [0.25, 0.3) is 11.0 Å². The lowest BCUT2D eigenvalue weighted by atomic mass is 10.0. The molecule has 7 heteroatoms. The molecular weight excluding hydrogens is 428 g/mol. The zero-order valence-corrected chi connectivity index (χ0v) is 19.2. The van der Waals surface area contributed by atoms with Crippen molar-refractivity contribution in [3.8, 4) is 5.75 Å². The summed E-state index contributed by atoms with van der Waals surface area (Å²) in [5, 5.41) is 1.54. The van der Waals surface area contributed by atoms with E-state index in [1.807, 2.05) is 31.2 Å². The van der Waals surface area contributed by atoms with E-state index in [0.29, 0.717) is 23.5 Å². The van der Waals surface area contributed by atoms with Crippen molar-refractivity contribution in [3.63, 3.8) is 0 Å². The molecule has 4 rings (SSSR count). The molecule has 0 spiro atoms. The van der Waals surface area contributed by atoms with Gasteiger partial charge in [-0.25, -0.2) is 4.79 Å². The van der Waals surface area contributed by atoms with E-state index in [4.69, 9.17) is 20.8 Å². The number of carbonyl (C=O) groups excluding carboxylic acids is 1. The molecular formula is C25H27ClN2O4. The van der Waals surface area contributed by atoms with Crippen LogP contribution in [0, 0.1) is 6.92 Å². The maximum Gasteiger partial charge on any atom is 0.336 e. The number of para-hydroxylation sites is 1. The van der Waals surface area contributed by atoms with Gasteiger partial charge < -0.3 is 14.1 Å². The van der Waals surface area contributed by atoms with Gasteiger partial charge in [-0.3, -0.25) is 9.69 Å². The van der Waals surface area contributed by atoms with Gasteiger partial charge in [0.25, 0.3) is 0 Å². The fourth-order valence-electron chi connectivity index (χ4n) is 4.21. The molecule has 3 aromatic rings. The second kappa shape index (κ2) is 9.76. The number of ether oxygens (including phenoxy) is 1. The van der Waals surface area contributed by atoms with Gasteiger partial charge in [0.1, 0.15) is 11.3 Å². The number of Topliss-reactive ketones (excluding diaryl/α,β-unsaturated/α-hetero) is 1. The van der Waals surface area contributed by atoms with Crippen molar-refractivity contribution in [2.75, 3.05) is 44.2 Å². The normalized spacial score (nSPS) is 14.7. The van der Waals surface area contributed by atoms with E-state index in [9.17, 15) is 9.59 Å². The van der Waals surface area contributed by atoms with Crippen LogP contribution in [-0.4, -0.2) is 50.0 Å². The Morgan fingerprint density at radius 3 is 2.59 bits per heavy atom. The van der Waals surface area contributed by atoms with E-state index in [0.717, 1.165) is 60.8 Å². The quantitative estimate of drug-likeness (QED) is 0.296. The highest BCUT2D eigenvalue weighted by molar-refractivity contribution is 6.33. The van der Waals surface area contributed by atoms with Crippen LogP contribution in [0.1, 0.15) is 29.3 Å². The van der Waals surface area contributed by atoms with Crippen molar-refractivity contribution < 1.29 is 13.9 Å². The third-order valence-corrected chi connectivity index (χ3v) is 6.19. The molecule has 0 aliphatic carbocycles. The summed E-state index contributed by atoms with van der Waals surface area (Å²) in [4.78, 5) is 28.8. The zero-order valence-electron chi connectivity index (χ0n) is 18.4. The number of piperazine rings is 1. The minimum Gasteiger partial charge on any atom is -0.493 e. The molecule has 168 valence electrons. The highest BCUT2D eigenvalue weighted by Crippen LogP contribution is 2.30. The molecule has 1 saturated heterocycles. The molecule has 0 atom stereocenters. The number of carbonyl (C=O) groups is 1. The summed E-state index contributed by atoms with van der Waals surface area (Å²) in [6.07, 6.45) is 0.833. The van der Waals surface area contributed by atoms with Crippen LogP contribution in [0.3, 0.4) is 0 Å². The first kappa shape index (κ1) is 22.4. The van der Waals surface area contributed by atoms with E-state index in [-0.39, 0.29) is 5.78 Å². The molecule has 2 aromatic carbocycles. The Labute approximate surface area is 192 Å². The molecule has 0 amide bonds. The van der Waals surface area contributed by atoms with Crippen LogP contribution < -0.4 is 15.3 Å². The van der Waals surface area contributed by atoms with E-state index in [2.05, 4.69) is 15.9 Å². The first-order valence-electron chi connectivity index (χ1n) is 10.9. The lowest BCUT2D eigenvalue weighted by Gasteiger charge is -2.36. The zero-order chi connectivity index (χ0) is 22.7. The fourth-order valence-corrected chi connectivity index (χ4v) is 4.47. The lowest BCUT2D eigenvalue weighted by molar-refractivity contribution is 0.101. The fraction of sp³-hybridized carbons (Fsp3) is 0.360. The Balaban J connectivity index is 1.34. The van der Waals surface area contributed by atoms with Crippen molar-refractivity contribution in [2.24, 2.45) is 0 Å². The number of ketones is 1. The Morgan fingerprint density at radius 1 is 1.12 bits per heavy atom. The number of rotatable bonds is 7. The predicted molar refractivity (Wildman–Crippen MR) is 127 cm³/mol. The number of fused-ring (bicyclic) bond motifs is 1. The van der Waals surface area contributed by atoms with Crippen LogP contribution in [0.4, 0.5) is 5.69 Å². The highest BCUT2D eigenvalue weighted by atomic mass is 35.5. The molecule has 0 unspecified atom stereocenters.